The van der Waals surface area contributed by atoms with Crippen molar-refractivity contribution < 1.29 is 14.3 Å². The molecule has 0 amide bonds. The molecular weight excluding hydrogens is 240 g/mol. The van der Waals surface area contributed by atoms with Gasteiger partial charge in [0, 0.05) is 0 Å². The fourth-order valence-electron chi connectivity index (χ4n) is 2.61. The fraction of sp³-hybridized carbons (Fsp3) is 0.562. The van der Waals surface area contributed by atoms with Gasteiger partial charge < -0.3 is 9.47 Å². The van der Waals surface area contributed by atoms with E-state index in [2.05, 4.69) is 13.8 Å². The highest BCUT2D eigenvalue weighted by molar-refractivity contribution is 6.00. The van der Waals surface area contributed by atoms with Crippen molar-refractivity contribution in [3.8, 4) is 11.5 Å². The second-order valence-electron chi connectivity index (χ2n) is 5.20. The molecule has 1 aliphatic heterocycles. The number of Topliss-reactive ketones (excluding diaryl/α,β-unsaturated/α-hetero) is 1. The predicted octanol–water partition coefficient (Wildman–Crippen LogP) is 4.00. The monoisotopic (exact) mass is 262 g/mol. The van der Waals surface area contributed by atoms with Gasteiger partial charge in [0.15, 0.2) is 5.78 Å². The minimum absolute atomic E-state index is 0.165. The maximum absolute atomic E-state index is 12.4. The Hall–Kier alpha value is -1.51. The highest BCUT2D eigenvalue weighted by atomic mass is 16.5. The van der Waals surface area contributed by atoms with E-state index < -0.39 is 0 Å². The summed E-state index contributed by atoms with van der Waals surface area (Å²) in [6.45, 7) is 4.25. The second kappa shape index (κ2) is 5.64. The Bertz CT molecular complexity index is 467. The molecule has 1 aliphatic rings. The number of fused-ring (bicyclic) bond motifs is 1. The normalized spacial score (nSPS) is 21.7. The lowest BCUT2D eigenvalue weighted by molar-refractivity contribution is 0.0299. The van der Waals surface area contributed by atoms with Gasteiger partial charge in [-0.2, -0.15) is 0 Å². The zero-order valence-electron chi connectivity index (χ0n) is 12.0. The highest BCUT2D eigenvalue weighted by Gasteiger charge is 2.38. The summed E-state index contributed by atoms with van der Waals surface area (Å²) in [5.74, 6) is 1.57. The zero-order chi connectivity index (χ0) is 13.9. The predicted molar refractivity (Wildman–Crippen MR) is 75.1 cm³/mol. The van der Waals surface area contributed by atoms with E-state index >= 15 is 0 Å². The van der Waals surface area contributed by atoms with E-state index in [-0.39, 0.29) is 11.4 Å². The minimum atomic E-state index is -0.311. The number of hydrogen-bond donors (Lipinski definition) is 0. The average molecular weight is 262 g/mol. The Morgan fingerprint density at radius 2 is 2.16 bits per heavy atom. The van der Waals surface area contributed by atoms with Gasteiger partial charge >= 0.3 is 0 Å². The molecule has 3 nitrogen and oxygen atoms in total. The van der Waals surface area contributed by atoms with Crippen molar-refractivity contribution in [1.29, 1.82) is 0 Å². The number of unbranched alkanes of at least 4 members (excludes halogenated alkanes) is 1. The van der Waals surface area contributed by atoms with Gasteiger partial charge in [-0.15, -0.1) is 0 Å². The third kappa shape index (κ3) is 2.75. The molecule has 1 unspecified atom stereocenters. The van der Waals surface area contributed by atoms with Crippen LogP contribution in [-0.2, 0) is 0 Å². The van der Waals surface area contributed by atoms with E-state index in [4.69, 9.17) is 9.47 Å². The van der Waals surface area contributed by atoms with Gasteiger partial charge in [0.2, 0.25) is 0 Å². The Labute approximate surface area is 114 Å². The van der Waals surface area contributed by atoms with Gasteiger partial charge in [-0.05, 0) is 37.5 Å². The van der Waals surface area contributed by atoms with Crippen LogP contribution in [-0.4, -0.2) is 18.5 Å². The minimum Gasteiger partial charge on any atom is -0.497 e. The van der Waals surface area contributed by atoms with Crippen LogP contribution < -0.4 is 9.47 Å². The molecule has 1 atom stereocenters. The smallest absolute Gasteiger partial charge is 0.170 e. The number of ether oxygens (including phenoxy) is 2. The number of carbonyl (C=O) groups is 1. The number of ketones is 1. The summed E-state index contributed by atoms with van der Waals surface area (Å²) < 4.78 is 11.3. The maximum atomic E-state index is 12.4. The number of hydrogen-bond acceptors (Lipinski definition) is 3. The topological polar surface area (TPSA) is 35.5 Å². The summed E-state index contributed by atoms with van der Waals surface area (Å²) in [4.78, 5) is 12.4. The van der Waals surface area contributed by atoms with Gasteiger partial charge in [-0.1, -0.05) is 20.3 Å². The van der Waals surface area contributed by atoms with Crippen molar-refractivity contribution in [2.24, 2.45) is 0 Å². The van der Waals surface area contributed by atoms with E-state index in [1.54, 1.807) is 13.2 Å². The van der Waals surface area contributed by atoms with E-state index in [1.807, 2.05) is 12.1 Å². The van der Waals surface area contributed by atoms with Crippen molar-refractivity contribution in [2.45, 2.75) is 51.6 Å². The maximum Gasteiger partial charge on any atom is 0.170 e. The molecule has 104 valence electrons. The van der Waals surface area contributed by atoms with Crippen molar-refractivity contribution >= 4 is 5.78 Å². The molecule has 3 heteroatoms. The highest BCUT2D eigenvalue weighted by Crippen LogP contribution is 2.39. The Morgan fingerprint density at radius 3 is 2.79 bits per heavy atom. The van der Waals surface area contributed by atoms with Crippen LogP contribution in [0.4, 0.5) is 0 Å². The molecule has 0 aliphatic carbocycles. The van der Waals surface area contributed by atoms with E-state index in [9.17, 15) is 4.79 Å². The summed E-state index contributed by atoms with van der Waals surface area (Å²) in [6.07, 6.45) is 4.49. The molecule has 0 saturated heterocycles. The third-order valence-electron chi connectivity index (χ3n) is 3.93. The summed E-state index contributed by atoms with van der Waals surface area (Å²) >= 11 is 0. The summed E-state index contributed by atoms with van der Waals surface area (Å²) in [5, 5.41) is 0. The van der Waals surface area contributed by atoms with E-state index in [1.165, 1.54) is 0 Å². The second-order valence-corrected chi connectivity index (χ2v) is 5.20. The van der Waals surface area contributed by atoms with Crippen LogP contribution in [0.5, 0.6) is 11.5 Å². The molecule has 0 fully saturated rings. The first-order valence-electron chi connectivity index (χ1n) is 7.04. The Balaban J connectivity index is 2.30. The fourth-order valence-corrected chi connectivity index (χ4v) is 2.61. The van der Waals surface area contributed by atoms with Crippen LogP contribution in [0.15, 0.2) is 18.2 Å². The van der Waals surface area contributed by atoms with Gasteiger partial charge in [0.25, 0.3) is 0 Å². The van der Waals surface area contributed by atoms with Gasteiger partial charge in [0.1, 0.15) is 17.1 Å². The van der Waals surface area contributed by atoms with Crippen LogP contribution in [0.25, 0.3) is 0 Å². The molecule has 0 N–H and O–H groups in total. The standard InChI is InChI=1S/C16H22O3/c1-4-6-9-16(5-2)11-14(17)13-10-12(18-3)7-8-15(13)19-16/h7-8,10H,4-6,9,11H2,1-3H3. The van der Waals surface area contributed by atoms with Crippen LogP contribution in [0.1, 0.15) is 56.3 Å². The molecule has 0 spiro atoms. The molecular formula is C16H22O3. The molecule has 0 bridgehead atoms. The lowest BCUT2D eigenvalue weighted by atomic mass is 9.84. The molecule has 1 heterocycles. The van der Waals surface area contributed by atoms with Crippen molar-refractivity contribution in [3.63, 3.8) is 0 Å². The first kappa shape index (κ1) is 13.9. The SMILES string of the molecule is CCCCC1(CC)CC(=O)c2cc(OC)ccc2O1. The first-order chi connectivity index (χ1) is 9.14. The Morgan fingerprint density at radius 1 is 1.37 bits per heavy atom. The number of methoxy groups -OCH3 is 1. The summed E-state index contributed by atoms with van der Waals surface area (Å²) in [5.41, 5.74) is 0.342. The van der Waals surface area contributed by atoms with Crippen LogP contribution in [0.3, 0.4) is 0 Å². The van der Waals surface area contributed by atoms with Gasteiger partial charge in [0.05, 0.1) is 19.1 Å². The zero-order valence-corrected chi connectivity index (χ0v) is 12.0. The summed E-state index contributed by atoms with van der Waals surface area (Å²) in [6, 6.07) is 5.47. The quantitative estimate of drug-likeness (QED) is 0.804. The lowest BCUT2D eigenvalue weighted by Gasteiger charge is -2.37. The van der Waals surface area contributed by atoms with Gasteiger partial charge in [-0.3, -0.25) is 4.79 Å². The molecule has 0 aromatic heterocycles. The van der Waals surface area contributed by atoms with Crippen molar-refractivity contribution in [3.05, 3.63) is 23.8 Å². The van der Waals surface area contributed by atoms with Crippen molar-refractivity contribution in [1.82, 2.24) is 0 Å². The van der Waals surface area contributed by atoms with Gasteiger partial charge in [-0.25, -0.2) is 0 Å². The first-order valence-corrected chi connectivity index (χ1v) is 7.04. The molecule has 1 aromatic rings. The van der Waals surface area contributed by atoms with Crippen molar-refractivity contribution in [2.75, 3.05) is 7.11 Å². The van der Waals surface area contributed by atoms with E-state index in [0.29, 0.717) is 23.5 Å². The lowest BCUT2D eigenvalue weighted by Crippen LogP contribution is -2.41. The van der Waals surface area contributed by atoms with Crippen LogP contribution >= 0.6 is 0 Å². The number of carbonyl (C=O) groups excluding carboxylic acids is 1. The van der Waals surface area contributed by atoms with Crippen LogP contribution in [0.2, 0.25) is 0 Å². The third-order valence-corrected chi connectivity index (χ3v) is 3.93. The molecule has 1 aromatic carbocycles. The molecule has 2 rings (SSSR count). The van der Waals surface area contributed by atoms with E-state index in [0.717, 1.165) is 25.7 Å². The van der Waals surface area contributed by atoms with Crippen LogP contribution in [0, 0.1) is 0 Å². The molecule has 0 saturated carbocycles. The summed E-state index contributed by atoms with van der Waals surface area (Å²) in [7, 11) is 1.60. The Kier molecular flexibility index (Phi) is 4.13. The number of benzene rings is 1. The largest absolute Gasteiger partial charge is 0.497 e. The average Bonchev–Trinajstić information content (AvgIpc) is 2.45. The molecule has 0 radical (unpaired) electrons. The number of rotatable bonds is 5. The molecule has 19 heavy (non-hydrogen) atoms.